The first kappa shape index (κ1) is 22.1. The second-order valence-electron chi connectivity index (χ2n) is 11.7. The summed E-state index contributed by atoms with van der Waals surface area (Å²) in [5, 5.41) is 10.2. The molecule has 4 aliphatic rings. The van der Waals surface area contributed by atoms with E-state index >= 15 is 0 Å². The zero-order valence-electron chi connectivity index (χ0n) is 19.8. The molecule has 7 atom stereocenters. The highest BCUT2D eigenvalue weighted by Crippen LogP contribution is 2.64. The van der Waals surface area contributed by atoms with E-state index in [0.717, 1.165) is 37.9 Å². The lowest BCUT2D eigenvalue weighted by molar-refractivity contribution is -0.159. The summed E-state index contributed by atoms with van der Waals surface area (Å²) in [5.74, 6) is 3.11. The highest BCUT2D eigenvalue weighted by Gasteiger charge is 2.59. The molecule has 0 radical (unpaired) electrons. The van der Waals surface area contributed by atoms with Crippen molar-refractivity contribution in [3.63, 3.8) is 0 Å². The van der Waals surface area contributed by atoms with Crippen LogP contribution in [0.4, 0.5) is 0 Å². The lowest BCUT2D eigenvalue weighted by atomic mass is 9.54. The number of hydrogen-bond acceptors (Lipinski definition) is 3. The summed E-state index contributed by atoms with van der Waals surface area (Å²) in [6.45, 7) is 15.9. The summed E-state index contributed by atoms with van der Waals surface area (Å²) in [7, 11) is 0. The molecule has 0 saturated heterocycles. The van der Waals surface area contributed by atoms with Crippen LogP contribution in [0.5, 0.6) is 0 Å². The maximum atomic E-state index is 13.0. The van der Waals surface area contributed by atoms with Gasteiger partial charge in [0, 0.05) is 11.3 Å². The molecule has 3 nitrogen and oxygen atoms in total. The van der Waals surface area contributed by atoms with Gasteiger partial charge in [-0.05, 0) is 86.5 Å². The lowest BCUT2D eigenvalue weighted by Gasteiger charge is -2.53. The summed E-state index contributed by atoms with van der Waals surface area (Å²) in [4.78, 5) is 13.0. The fraction of sp³-hybridized carbons (Fsp3) is 0.815. The molecular weight excluding hydrogens is 372 g/mol. The Morgan fingerprint density at radius 3 is 2.60 bits per heavy atom. The largest absolute Gasteiger partial charge is 0.431 e. The zero-order chi connectivity index (χ0) is 21.8. The summed E-state index contributed by atoms with van der Waals surface area (Å²) in [5.41, 5.74) is 2.91. The second kappa shape index (κ2) is 7.80. The van der Waals surface area contributed by atoms with Crippen molar-refractivity contribution >= 4 is 5.97 Å². The average Bonchev–Trinajstić information content (AvgIpc) is 3.04. The van der Waals surface area contributed by atoms with Gasteiger partial charge in [-0.15, -0.1) is 0 Å². The zero-order valence-corrected chi connectivity index (χ0v) is 19.8. The fourth-order valence-corrected chi connectivity index (χ4v) is 7.51. The first-order valence-electron chi connectivity index (χ1n) is 12.4. The fourth-order valence-electron chi connectivity index (χ4n) is 7.51. The van der Waals surface area contributed by atoms with Crippen molar-refractivity contribution in [3.8, 4) is 0 Å². The maximum absolute atomic E-state index is 13.0. The van der Waals surface area contributed by atoms with Crippen molar-refractivity contribution in [2.75, 3.05) is 0 Å². The van der Waals surface area contributed by atoms with Crippen LogP contribution in [-0.4, -0.2) is 17.2 Å². The first-order chi connectivity index (χ1) is 14.1. The topological polar surface area (TPSA) is 46.5 Å². The molecule has 1 unspecified atom stereocenters. The third-order valence-corrected chi connectivity index (χ3v) is 9.82. The Kier molecular flexibility index (Phi) is 5.75. The van der Waals surface area contributed by atoms with Gasteiger partial charge in [-0.25, -0.2) is 0 Å². The molecule has 4 rings (SSSR count). The minimum atomic E-state index is -0.357. The number of rotatable bonds is 5. The van der Waals surface area contributed by atoms with E-state index in [9.17, 15) is 9.90 Å². The number of hydrogen-bond donors (Lipinski definition) is 1. The Balaban J connectivity index is 1.57. The van der Waals surface area contributed by atoms with Crippen LogP contribution in [0.2, 0.25) is 0 Å². The number of carbonyl (C=O) groups excluding carboxylic acids is 1. The average molecular weight is 415 g/mol. The number of allylic oxidation sites excluding steroid dienone is 3. The van der Waals surface area contributed by atoms with Gasteiger partial charge in [-0.3, -0.25) is 4.79 Å². The van der Waals surface area contributed by atoms with Crippen LogP contribution in [0.15, 0.2) is 23.5 Å². The van der Waals surface area contributed by atoms with Crippen LogP contribution < -0.4 is 0 Å². The molecule has 3 heteroatoms. The van der Waals surface area contributed by atoms with Crippen LogP contribution in [0, 0.1) is 40.4 Å². The minimum absolute atomic E-state index is 0.0796. The molecule has 1 N–H and O–H groups in total. The van der Waals surface area contributed by atoms with Crippen molar-refractivity contribution in [2.45, 2.75) is 98.5 Å². The van der Waals surface area contributed by atoms with Crippen LogP contribution in [0.25, 0.3) is 0 Å². The molecule has 3 aliphatic carbocycles. The SMILES string of the molecule is C=C(CCC(C)[C@H]1CC[C@H]2C3=C(CC[C@]12C)[C@@]1(C)CC[C@H](O)C[C@@H]1C(=O)O3)C(C)C. The quantitative estimate of drug-likeness (QED) is 0.417. The summed E-state index contributed by atoms with van der Waals surface area (Å²) >= 11 is 0. The standard InChI is InChI=1S/C27H42O3/c1-16(2)17(3)7-8-18(4)20-9-10-21-24-22(12-14-26(20,21)5)27(6)13-11-19(28)15-23(27)25(29)30-24/h16,18-21,23,28H,3,7-15H2,1-2,4-6H3/t18?,19-,20+,21-,23+,26+,27+/m0/s1. The molecule has 30 heavy (non-hydrogen) atoms. The van der Waals surface area contributed by atoms with Crippen molar-refractivity contribution in [3.05, 3.63) is 23.5 Å². The van der Waals surface area contributed by atoms with Crippen molar-refractivity contribution in [1.82, 2.24) is 0 Å². The minimum Gasteiger partial charge on any atom is -0.431 e. The maximum Gasteiger partial charge on any atom is 0.315 e. The van der Waals surface area contributed by atoms with E-state index < -0.39 is 0 Å². The van der Waals surface area contributed by atoms with Crippen LogP contribution in [0.1, 0.15) is 92.4 Å². The van der Waals surface area contributed by atoms with Gasteiger partial charge in [-0.2, -0.15) is 0 Å². The number of fused-ring (bicyclic) bond motifs is 4. The van der Waals surface area contributed by atoms with Gasteiger partial charge in [0.1, 0.15) is 5.76 Å². The van der Waals surface area contributed by atoms with Crippen molar-refractivity contribution in [1.29, 1.82) is 0 Å². The monoisotopic (exact) mass is 414 g/mol. The third kappa shape index (κ3) is 3.40. The molecule has 168 valence electrons. The van der Waals surface area contributed by atoms with Gasteiger partial charge in [-0.1, -0.05) is 46.8 Å². The number of aliphatic hydroxyl groups is 1. The van der Waals surface area contributed by atoms with E-state index in [1.807, 2.05) is 0 Å². The molecule has 0 aromatic heterocycles. The van der Waals surface area contributed by atoms with E-state index in [-0.39, 0.29) is 28.8 Å². The van der Waals surface area contributed by atoms with Crippen molar-refractivity contribution in [2.24, 2.45) is 40.4 Å². The predicted molar refractivity (Wildman–Crippen MR) is 121 cm³/mol. The van der Waals surface area contributed by atoms with E-state index in [0.29, 0.717) is 30.1 Å². The first-order valence-corrected chi connectivity index (χ1v) is 12.4. The van der Waals surface area contributed by atoms with Gasteiger partial charge in [0.2, 0.25) is 0 Å². The van der Waals surface area contributed by atoms with E-state index in [2.05, 4.69) is 41.2 Å². The molecule has 0 amide bonds. The molecule has 0 aromatic rings. The number of esters is 1. The van der Waals surface area contributed by atoms with Gasteiger partial charge in [0.05, 0.1) is 12.0 Å². The molecule has 0 aromatic carbocycles. The number of ether oxygens (including phenoxy) is 1. The van der Waals surface area contributed by atoms with E-state index in [4.69, 9.17) is 4.74 Å². The third-order valence-electron chi connectivity index (χ3n) is 9.82. The molecular formula is C27H42O3. The van der Waals surface area contributed by atoms with E-state index in [1.165, 1.54) is 30.4 Å². The lowest BCUT2D eigenvalue weighted by Crippen LogP contribution is -2.50. The highest BCUT2D eigenvalue weighted by atomic mass is 16.5. The van der Waals surface area contributed by atoms with Gasteiger partial charge in [0.15, 0.2) is 0 Å². The smallest absolute Gasteiger partial charge is 0.315 e. The highest BCUT2D eigenvalue weighted by molar-refractivity contribution is 5.77. The van der Waals surface area contributed by atoms with E-state index in [1.54, 1.807) is 0 Å². The molecule has 1 aliphatic heterocycles. The van der Waals surface area contributed by atoms with Crippen LogP contribution in [-0.2, 0) is 9.53 Å². The molecule has 2 fully saturated rings. The second-order valence-corrected chi connectivity index (χ2v) is 11.7. The van der Waals surface area contributed by atoms with Gasteiger partial charge in [0.25, 0.3) is 0 Å². The van der Waals surface area contributed by atoms with Gasteiger partial charge >= 0.3 is 5.97 Å². The Bertz CT molecular complexity index is 749. The summed E-state index contributed by atoms with van der Waals surface area (Å²) < 4.78 is 6.13. The van der Waals surface area contributed by atoms with Gasteiger partial charge < -0.3 is 9.84 Å². The Hall–Kier alpha value is -1.09. The number of carbonyl (C=O) groups is 1. The van der Waals surface area contributed by atoms with Crippen molar-refractivity contribution < 1.29 is 14.6 Å². The van der Waals surface area contributed by atoms with Crippen LogP contribution >= 0.6 is 0 Å². The van der Waals surface area contributed by atoms with Crippen LogP contribution in [0.3, 0.4) is 0 Å². The molecule has 0 spiro atoms. The summed E-state index contributed by atoms with van der Waals surface area (Å²) in [6, 6.07) is 0. The Morgan fingerprint density at radius 2 is 1.90 bits per heavy atom. The molecule has 0 bridgehead atoms. The number of aliphatic hydroxyl groups excluding tert-OH is 1. The summed E-state index contributed by atoms with van der Waals surface area (Å²) in [6.07, 6.45) is 8.91. The molecule has 1 heterocycles. The Labute approximate surface area is 183 Å². The normalized spacial score (nSPS) is 41.8. The predicted octanol–water partition coefficient (Wildman–Crippen LogP) is 6.42. The Morgan fingerprint density at radius 1 is 1.17 bits per heavy atom. The molecule has 2 saturated carbocycles.